The van der Waals surface area contributed by atoms with E-state index in [1.165, 1.54) is 5.56 Å². The second kappa shape index (κ2) is 10.3. The van der Waals surface area contributed by atoms with Crippen LogP contribution in [0.15, 0.2) is 59.1 Å². The van der Waals surface area contributed by atoms with E-state index in [4.69, 9.17) is 14.0 Å². The Labute approximate surface area is 188 Å². The summed E-state index contributed by atoms with van der Waals surface area (Å²) in [4.78, 5) is 14.9. The summed E-state index contributed by atoms with van der Waals surface area (Å²) in [7, 11) is 3.30. The Morgan fingerprint density at radius 1 is 1.06 bits per heavy atom. The first-order chi connectivity index (χ1) is 15.6. The maximum Gasteiger partial charge on any atom is 0.290 e. The van der Waals surface area contributed by atoms with Gasteiger partial charge in [-0.25, -0.2) is 0 Å². The van der Waals surface area contributed by atoms with E-state index in [1.807, 2.05) is 36.4 Å². The maximum atomic E-state index is 12.5. The van der Waals surface area contributed by atoms with Crippen molar-refractivity contribution in [3.05, 3.63) is 77.2 Å². The summed E-state index contributed by atoms with van der Waals surface area (Å²) in [6.07, 6.45) is 2.13. The van der Waals surface area contributed by atoms with Crippen molar-refractivity contribution in [2.75, 3.05) is 27.3 Å². The van der Waals surface area contributed by atoms with E-state index in [2.05, 4.69) is 27.5 Å². The van der Waals surface area contributed by atoms with Crippen LogP contribution in [0.4, 0.5) is 0 Å². The monoisotopic (exact) mass is 435 g/mol. The number of hydrogen-bond acceptors (Lipinski definition) is 6. The fourth-order valence-corrected chi connectivity index (χ4v) is 4.03. The SMILES string of the molecule is COc1ccc(CNC(=O)c2cc([C@H]3CCCN(Cc4ccc(OC)cc4)C3)no2)cc1. The second-order valence-corrected chi connectivity index (χ2v) is 8.07. The first kappa shape index (κ1) is 21.9. The lowest BCUT2D eigenvalue weighted by Gasteiger charge is -2.31. The van der Waals surface area contributed by atoms with Gasteiger partial charge in [-0.05, 0) is 54.8 Å². The summed E-state index contributed by atoms with van der Waals surface area (Å²) >= 11 is 0. The molecule has 1 N–H and O–H groups in total. The molecule has 1 aromatic heterocycles. The molecule has 1 aliphatic rings. The number of carbonyl (C=O) groups excluding carboxylic acids is 1. The van der Waals surface area contributed by atoms with Crippen molar-refractivity contribution in [2.45, 2.75) is 31.8 Å². The highest BCUT2D eigenvalue weighted by Crippen LogP contribution is 2.28. The average molecular weight is 436 g/mol. The van der Waals surface area contributed by atoms with Crippen LogP contribution < -0.4 is 14.8 Å². The molecule has 4 rings (SSSR count). The molecule has 32 heavy (non-hydrogen) atoms. The van der Waals surface area contributed by atoms with Crippen molar-refractivity contribution in [2.24, 2.45) is 0 Å². The quantitative estimate of drug-likeness (QED) is 0.576. The number of hydrogen-bond donors (Lipinski definition) is 1. The Hall–Kier alpha value is -3.32. The number of benzene rings is 2. The van der Waals surface area contributed by atoms with Gasteiger partial charge in [0, 0.05) is 31.6 Å². The van der Waals surface area contributed by atoms with Crippen LogP contribution in [0.1, 0.15) is 46.1 Å². The van der Waals surface area contributed by atoms with Gasteiger partial charge in [0.05, 0.1) is 19.9 Å². The molecule has 0 unspecified atom stereocenters. The molecule has 3 aromatic rings. The first-order valence-electron chi connectivity index (χ1n) is 10.9. The van der Waals surface area contributed by atoms with Crippen LogP contribution in [0.25, 0.3) is 0 Å². The Kier molecular flexibility index (Phi) is 7.07. The summed E-state index contributed by atoms with van der Waals surface area (Å²) < 4.78 is 15.8. The van der Waals surface area contributed by atoms with Gasteiger partial charge in [-0.3, -0.25) is 9.69 Å². The fourth-order valence-electron chi connectivity index (χ4n) is 4.03. The summed E-state index contributed by atoms with van der Waals surface area (Å²) in [5, 5.41) is 7.09. The third kappa shape index (κ3) is 5.48. The van der Waals surface area contributed by atoms with Gasteiger partial charge in [0.15, 0.2) is 0 Å². The molecule has 0 radical (unpaired) electrons. The van der Waals surface area contributed by atoms with Crippen LogP contribution in [0, 0.1) is 0 Å². The smallest absolute Gasteiger partial charge is 0.290 e. The number of piperidine rings is 1. The average Bonchev–Trinajstić information content (AvgIpc) is 3.34. The van der Waals surface area contributed by atoms with Crippen LogP contribution in [0.3, 0.4) is 0 Å². The lowest BCUT2D eigenvalue weighted by molar-refractivity contribution is 0.0913. The number of ether oxygens (including phenoxy) is 2. The number of nitrogens with zero attached hydrogens (tertiary/aromatic N) is 2. The molecule has 1 saturated heterocycles. The molecule has 7 heteroatoms. The van der Waals surface area contributed by atoms with Crippen molar-refractivity contribution in [3.63, 3.8) is 0 Å². The van der Waals surface area contributed by atoms with Crippen molar-refractivity contribution in [1.82, 2.24) is 15.4 Å². The lowest BCUT2D eigenvalue weighted by atomic mass is 9.94. The van der Waals surface area contributed by atoms with Crippen LogP contribution in [-0.4, -0.2) is 43.3 Å². The van der Waals surface area contributed by atoms with Crippen molar-refractivity contribution < 1.29 is 18.8 Å². The van der Waals surface area contributed by atoms with Crippen molar-refractivity contribution in [1.29, 1.82) is 0 Å². The molecule has 2 aromatic carbocycles. The van der Waals surface area contributed by atoms with Gasteiger partial charge >= 0.3 is 0 Å². The number of likely N-dealkylation sites (tertiary alicyclic amines) is 1. The fraction of sp³-hybridized carbons (Fsp3) is 0.360. The third-order valence-electron chi connectivity index (χ3n) is 5.85. The first-order valence-corrected chi connectivity index (χ1v) is 10.9. The van der Waals surface area contributed by atoms with E-state index in [9.17, 15) is 4.79 Å². The third-order valence-corrected chi connectivity index (χ3v) is 5.85. The number of nitrogens with one attached hydrogen (secondary N) is 1. The highest BCUT2D eigenvalue weighted by molar-refractivity contribution is 5.91. The predicted molar refractivity (Wildman–Crippen MR) is 121 cm³/mol. The molecule has 7 nitrogen and oxygen atoms in total. The van der Waals surface area contributed by atoms with Gasteiger partial charge in [0.1, 0.15) is 11.5 Å². The van der Waals surface area contributed by atoms with Crippen LogP contribution in [-0.2, 0) is 13.1 Å². The molecule has 1 amide bonds. The zero-order valence-electron chi connectivity index (χ0n) is 18.5. The van der Waals surface area contributed by atoms with E-state index in [-0.39, 0.29) is 17.6 Å². The predicted octanol–water partition coefficient (Wildman–Crippen LogP) is 4.00. The van der Waals surface area contributed by atoms with Crippen molar-refractivity contribution >= 4 is 5.91 Å². The number of carbonyl (C=O) groups is 1. The molecular weight excluding hydrogens is 406 g/mol. The molecule has 0 spiro atoms. The second-order valence-electron chi connectivity index (χ2n) is 8.07. The molecule has 0 saturated carbocycles. The van der Waals surface area contributed by atoms with E-state index in [0.29, 0.717) is 6.54 Å². The number of rotatable bonds is 8. The molecule has 168 valence electrons. The van der Waals surface area contributed by atoms with E-state index >= 15 is 0 Å². The van der Waals surface area contributed by atoms with Gasteiger partial charge in [0.25, 0.3) is 5.91 Å². The summed E-state index contributed by atoms with van der Waals surface area (Å²) in [5.74, 6) is 1.90. The molecule has 0 aliphatic carbocycles. The maximum absolute atomic E-state index is 12.5. The highest BCUT2D eigenvalue weighted by Gasteiger charge is 2.25. The molecule has 1 fully saturated rings. The number of methoxy groups -OCH3 is 2. The van der Waals surface area contributed by atoms with E-state index in [1.54, 1.807) is 20.3 Å². The normalized spacial score (nSPS) is 16.5. The van der Waals surface area contributed by atoms with Gasteiger partial charge in [-0.2, -0.15) is 0 Å². The Morgan fingerprint density at radius 3 is 2.38 bits per heavy atom. The Balaban J connectivity index is 1.31. The van der Waals surface area contributed by atoms with E-state index in [0.717, 1.165) is 55.2 Å². The lowest BCUT2D eigenvalue weighted by Crippen LogP contribution is -2.34. The number of amides is 1. The largest absolute Gasteiger partial charge is 0.497 e. The molecule has 1 atom stereocenters. The minimum absolute atomic E-state index is 0.251. The van der Waals surface area contributed by atoms with Gasteiger partial charge < -0.3 is 19.3 Å². The Morgan fingerprint density at radius 2 is 1.72 bits per heavy atom. The Bertz CT molecular complexity index is 1010. The van der Waals surface area contributed by atoms with E-state index < -0.39 is 0 Å². The minimum atomic E-state index is -0.259. The van der Waals surface area contributed by atoms with Gasteiger partial charge in [-0.15, -0.1) is 0 Å². The van der Waals surface area contributed by atoms with Crippen LogP contribution in [0.5, 0.6) is 11.5 Å². The molecule has 1 aliphatic heterocycles. The van der Waals surface area contributed by atoms with Gasteiger partial charge in [0.2, 0.25) is 5.76 Å². The number of aromatic nitrogens is 1. The minimum Gasteiger partial charge on any atom is -0.497 e. The van der Waals surface area contributed by atoms with Gasteiger partial charge in [-0.1, -0.05) is 29.4 Å². The topological polar surface area (TPSA) is 76.8 Å². The summed E-state index contributed by atoms with van der Waals surface area (Å²) in [6, 6.07) is 17.5. The molecule has 0 bridgehead atoms. The standard InChI is InChI=1S/C25H29N3O4/c1-30-21-9-5-18(6-10-21)15-26-25(29)24-14-23(27-32-24)20-4-3-13-28(17-20)16-19-7-11-22(31-2)12-8-19/h5-12,14,20H,3-4,13,15-17H2,1-2H3,(H,26,29)/t20-/m0/s1. The van der Waals surface area contributed by atoms with Crippen LogP contribution >= 0.6 is 0 Å². The molecule has 2 heterocycles. The van der Waals surface area contributed by atoms with Crippen LogP contribution in [0.2, 0.25) is 0 Å². The highest BCUT2D eigenvalue weighted by atomic mass is 16.5. The summed E-state index contributed by atoms with van der Waals surface area (Å²) in [6.45, 7) is 3.24. The molecular formula is C25H29N3O4. The van der Waals surface area contributed by atoms with Crippen molar-refractivity contribution in [3.8, 4) is 11.5 Å². The zero-order valence-corrected chi connectivity index (χ0v) is 18.5. The zero-order chi connectivity index (χ0) is 22.3. The summed E-state index contributed by atoms with van der Waals surface area (Å²) in [5.41, 5.74) is 3.09.